The Morgan fingerprint density at radius 3 is 1.84 bits per heavy atom. The SMILES string of the molecule is Oc1ccc(CSCc2ccccc2)cc1Cl.SCc1ccccc1. The molecule has 0 saturated carbocycles. The molecule has 130 valence electrons. The number of thiol groups is 1. The highest BCUT2D eigenvalue weighted by atomic mass is 35.5. The number of hydrogen-bond acceptors (Lipinski definition) is 3. The van der Waals surface area contributed by atoms with Crippen LogP contribution in [0.5, 0.6) is 5.75 Å². The van der Waals surface area contributed by atoms with Gasteiger partial charge in [0.2, 0.25) is 0 Å². The number of halogens is 1. The number of rotatable bonds is 5. The summed E-state index contributed by atoms with van der Waals surface area (Å²) in [6.07, 6.45) is 0. The molecule has 1 nitrogen and oxygen atoms in total. The van der Waals surface area contributed by atoms with Gasteiger partial charge in [-0.1, -0.05) is 78.3 Å². The van der Waals surface area contributed by atoms with Gasteiger partial charge in [0.25, 0.3) is 0 Å². The summed E-state index contributed by atoms with van der Waals surface area (Å²) in [5.74, 6) is 2.86. The largest absolute Gasteiger partial charge is 0.506 e. The lowest BCUT2D eigenvalue weighted by Gasteiger charge is -2.04. The lowest BCUT2D eigenvalue weighted by Crippen LogP contribution is -1.83. The van der Waals surface area contributed by atoms with Crippen molar-refractivity contribution in [2.45, 2.75) is 17.3 Å². The van der Waals surface area contributed by atoms with Gasteiger partial charge in [0.15, 0.2) is 0 Å². The lowest BCUT2D eigenvalue weighted by atomic mass is 10.2. The minimum absolute atomic E-state index is 0.142. The van der Waals surface area contributed by atoms with Gasteiger partial charge in [-0.2, -0.15) is 24.4 Å². The second kappa shape index (κ2) is 11.1. The quantitative estimate of drug-likeness (QED) is 0.480. The van der Waals surface area contributed by atoms with Crippen LogP contribution in [0.25, 0.3) is 0 Å². The number of phenols is 1. The van der Waals surface area contributed by atoms with Crippen molar-refractivity contribution in [2.75, 3.05) is 0 Å². The van der Waals surface area contributed by atoms with Gasteiger partial charge in [-0.05, 0) is 28.8 Å². The van der Waals surface area contributed by atoms with Crippen LogP contribution in [0.2, 0.25) is 5.02 Å². The highest BCUT2D eigenvalue weighted by molar-refractivity contribution is 7.97. The third-order valence-corrected chi connectivity index (χ3v) is 5.16. The third-order valence-electron chi connectivity index (χ3n) is 3.42. The van der Waals surface area contributed by atoms with E-state index in [-0.39, 0.29) is 5.75 Å². The summed E-state index contributed by atoms with van der Waals surface area (Å²) in [7, 11) is 0. The molecule has 0 aliphatic rings. The van der Waals surface area contributed by atoms with Crippen LogP contribution < -0.4 is 0 Å². The zero-order valence-electron chi connectivity index (χ0n) is 13.8. The normalized spacial score (nSPS) is 10.0. The second-order valence-electron chi connectivity index (χ2n) is 5.41. The van der Waals surface area contributed by atoms with Crippen molar-refractivity contribution in [3.63, 3.8) is 0 Å². The highest BCUT2D eigenvalue weighted by Gasteiger charge is 2.00. The molecule has 3 aromatic carbocycles. The minimum atomic E-state index is 0.142. The summed E-state index contributed by atoms with van der Waals surface area (Å²) < 4.78 is 0. The maximum atomic E-state index is 9.31. The molecule has 0 radical (unpaired) electrons. The fourth-order valence-electron chi connectivity index (χ4n) is 2.08. The topological polar surface area (TPSA) is 20.2 Å². The molecule has 0 spiro atoms. The first-order valence-corrected chi connectivity index (χ1v) is 10.1. The van der Waals surface area contributed by atoms with E-state index in [9.17, 15) is 5.11 Å². The van der Waals surface area contributed by atoms with E-state index >= 15 is 0 Å². The zero-order chi connectivity index (χ0) is 17.9. The summed E-state index contributed by atoms with van der Waals surface area (Å²) in [6, 6.07) is 25.9. The van der Waals surface area contributed by atoms with Crippen LogP contribution in [0, 0.1) is 0 Å². The van der Waals surface area contributed by atoms with Crippen LogP contribution in [0.1, 0.15) is 16.7 Å². The van der Waals surface area contributed by atoms with Crippen molar-refractivity contribution in [2.24, 2.45) is 0 Å². The predicted molar refractivity (Wildman–Crippen MR) is 114 cm³/mol. The molecule has 25 heavy (non-hydrogen) atoms. The first-order chi connectivity index (χ1) is 12.2. The molecule has 0 bridgehead atoms. The van der Waals surface area contributed by atoms with Gasteiger partial charge < -0.3 is 5.11 Å². The number of thioether (sulfide) groups is 1. The maximum Gasteiger partial charge on any atom is 0.134 e. The summed E-state index contributed by atoms with van der Waals surface area (Å²) in [6.45, 7) is 0. The molecule has 0 aliphatic heterocycles. The first-order valence-electron chi connectivity index (χ1n) is 7.93. The van der Waals surface area contributed by atoms with Gasteiger partial charge >= 0.3 is 0 Å². The molecular formula is C21H21ClOS2. The molecule has 0 heterocycles. The number of phenolic OH excluding ortho intramolecular Hbond substituents is 1. The fraction of sp³-hybridized carbons (Fsp3) is 0.143. The van der Waals surface area contributed by atoms with Crippen LogP contribution in [0.4, 0.5) is 0 Å². The molecule has 0 aromatic heterocycles. The minimum Gasteiger partial charge on any atom is -0.506 e. The second-order valence-corrected chi connectivity index (χ2v) is 7.12. The maximum absolute atomic E-state index is 9.31. The Balaban J connectivity index is 0.000000236. The number of aromatic hydroxyl groups is 1. The molecule has 1 N–H and O–H groups in total. The molecule has 0 fully saturated rings. The van der Waals surface area contributed by atoms with Gasteiger partial charge in [-0.25, -0.2) is 0 Å². The third kappa shape index (κ3) is 7.47. The highest BCUT2D eigenvalue weighted by Crippen LogP contribution is 2.26. The number of benzene rings is 3. The van der Waals surface area contributed by atoms with E-state index in [1.807, 2.05) is 60.3 Å². The molecule has 0 unspecified atom stereocenters. The van der Waals surface area contributed by atoms with E-state index in [0.29, 0.717) is 5.02 Å². The molecule has 0 atom stereocenters. The Kier molecular flexibility index (Phi) is 8.81. The molecule has 3 aromatic rings. The van der Waals surface area contributed by atoms with Crippen LogP contribution >= 0.6 is 36.0 Å². The van der Waals surface area contributed by atoms with E-state index in [2.05, 4.69) is 36.9 Å². The molecule has 0 aliphatic carbocycles. The van der Waals surface area contributed by atoms with Gasteiger partial charge in [0, 0.05) is 17.3 Å². The van der Waals surface area contributed by atoms with E-state index < -0.39 is 0 Å². The Morgan fingerprint density at radius 1 is 0.760 bits per heavy atom. The Morgan fingerprint density at radius 2 is 1.32 bits per heavy atom. The van der Waals surface area contributed by atoms with Crippen molar-refractivity contribution >= 4 is 36.0 Å². The monoisotopic (exact) mass is 388 g/mol. The number of hydrogen-bond donors (Lipinski definition) is 2. The van der Waals surface area contributed by atoms with Gasteiger partial charge in [-0.15, -0.1) is 0 Å². The molecular weight excluding hydrogens is 368 g/mol. The van der Waals surface area contributed by atoms with Gasteiger partial charge in [0.05, 0.1) is 5.02 Å². The van der Waals surface area contributed by atoms with Crippen LogP contribution in [0.3, 0.4) is 0 Å². The Labute approximate surface area is 164 Å². The molecule has 0 amide bonds. The molecule has 3 rings (SSSR count). The van der Waals surface area contributed by atoms with E-state index in [1.54, 1.807) is 6.07 Å². The van der Waals surface area contributed by atoms with Crippen LogP contribution in [-0.4, -0.2) is 5.11 Å². The van der Waals surface area contributed by atoms with Crippen molar-refractivity contribution < 1.29 is 5.11 Å². The summed E-state index contributed by atoms with van der Waals surface area (Å²) in [4.78, 5) is 0. The Bertz CT molecular complexity index is 748. The van der Waals surface area contributed by atoms with Crippen LogP contribution in [-0.2, 0) is 17.3 Å². The summed E-state index contributed by atoms with van der Waals surface area (Å²) in [5.41, 5.74) is 3.73. The van der Waals surface area contributed by atoms with Crippen molar-refractivity contribution in [1.29, 1.82) is 0 Å². The van der Waals surface area contributed by atoms with Crippen molar-refractivity contribution in [3.05, 3.63) is 101 Å². The first kappa shape index (κ1) is 19.8. The van der Waals surface area contributed by atoms with E-state index in [0.717, 1.165) is 22.8 Å². The lowest BCUT2D eigenvalue weighted by molar-refractivity contribution is 0.475. The van der Waals surface area contributed by atoms with Crippen molar-refractivity contribution in [3.8, 4) is 5.75 Å². The molecule has 0 saturated heterocycles. The van der Waals surface area contributed by atoms with E-state index in [1.165, 1.54) is 11.1 Å². The van der Waals surface area contributed by atoms with E-state index in [4.69, 9.17) is 11.6 Å². The average molecular weight is 389 g/mol. The van der Waals surface area contributed by atoms with Crippen LogP contribution in [0.15, 0.2) is 78.9 Å². The fourth-order valence-corrected chi connectivity index (χ4v) is 3.44. The van der Waals surface area contributed by atoms with Gasteiger partial charge in [0.1, 0.15) is 5.75 Å². The predicted octanol–water partition coefficient (Wildman–Crippen LogP) is 6.60. The average Bonchev–Trinajstić information content (AvgIpc) is 2.67. The smallest absolute Gasteiger partial charge is 0.134 e. The Hall–Kier alpha value is -1.55. The summed E-state index contributed by atoms with van der Waals surface area (Å²) >= 11 is 11.8. The standard InChI is InChI=1S/C14H13ClOS.C7H8S/c15-13-8-12(6-7-14(13)16)10-17-9-11-4-2-1-3-5-11;8-6-7-4-2-1-3-5-7/h1-8,16H,9-10H2;1-5,8H,6H2. The van der Waals surface area contributed by atoms with Crippen molar-refractivity contribution in [1.82, 2.24) is 0 Å². The molecule has 4 heteroatoms. The zero-order valence-corrected chi connectivity index (χ0v) is 16.3. The van der Waals surface area contributed by atoms with Gasteiger partial charge in [-0.3, -0.25) is 0 Å². The summed E-state index contributed by atoms with van der Waals surface area (Å²) in [5, 5.41) is 9.73.